The summed E-state index contributed by atoms with van der Waals surface area (Å²) in [7, 11) is 0. The van der Waals surface area contributed by atoms with E-state index >= 15 is 0 Å². The van der Waals surface area contributed by atoms with Gasteiger partial charge in [0.15, 0.2) is 0 Å². The molecule has 2 amide bonds. The number of nitrogens with zero attached hydrogens (tertiary/aromatic N) is 1. The van der Waals surface area contributed by atoms with Crippen LogP contribution in [0.5, 0.6) is 0 Å². The third-order valence-corrected chi connectivity index (χ3v) is 5.65. The van der Waals surface area contributed by atoms with E-state index in [1.165, 1.54) is 4.90 Å². The molecule has 9 heteroatoms. The van der Waals surface area contributed by atoms with Crippen molar-refractivity contribution in [3.05, 3.63) is 65.7 Å². The Morgan fingerprint density at radius 1 is 1.00 bits per heavy atom. The lowest BCUT2D eigenvalue weighted by atomic mass is 10.1. The zero-order valence-corrected chi connectivity index (χ0v) is 21.7. The molecule has 198 valence electrons. The highest BCUT2D eigenvalue weighted by Crippen LogP contribution is 2.33. The van der Waals surface area contributed by atoms with E-state index in [2.05, 4.69) is 5.32 Å². The number of benzene rings is 2. The van der Waals surface area contributed by atoms with E-state index < -0.39 is 35.7 Å². The summed E-state index contributed by atoms with van der Waals surface area (Å²) >= 11 is 0. The van der Waals surface area contributed by atoms with Gasteiger partial charge < -0.3 is 19.5 Å². The number of hydrogen-bond acceptors (Lipinski definition) is 7. The highest BCUT2D eigenvalue weighted by molar-refractivity contribution is 6.02. The standard InChI is InChI=1S/C28H34N2O7/c1-5-35-26(33)23-17-20-13-9-10-14-22(20)30(23)24(31)16-15-21(29-27(34)37-28(2,3)4)25(32)36-18-19-11-7-6-8-12-19/h6-14,21,23H,5,15-18H2,1-4H3,(H,29,34)/t21-,23+/m1/s1. The first-order valence-electron chi connectivity index (χ1n) is 12.4. The van der Waals surface area contributed by atoms with E-state index in [1.54, 1.807) is 39.8 Å². The van der Waals surface area contributed by atoms with Crippen molar-refractivity contribution in [3.8, 4) is 0 Å². The molecule has 0 aliphatic carbocycles. The van der Waals surface area contributed by atoms with E-state index in [4.69, 9.17) is 14.2 Å². The normalized spacial score (nSPS) is 15.4. The van der Waals surface area contributed by atoms with Crippen LogP contribution in [-0.4, -0.2) is 48.2 Å². The molecular weight excluding hydrogens is 476 g/mol. The number of nitrogens with one attached hydrogen (secondary N) is 1. The molecule has 0 saturated heterocycles. The zero-order chi connectivity index (χ0) is 27.0. The maximum Gasteiger partial charge on any atom is 0.408 e. The van der Waals surface area contributed by atoms with E-state index in [9.17, 15) is 19.2 Å². The SMILES string of the molecule is CCOC(=O)[C@@H]1Cc2ccccc2N1C(=O)CC[C@@H](NC(=O)OC(C)(C)C)C(=O)OCc1ccccc1. The Bertz CT molecular complexity index is 1110. The molecular formula is C28H34N2O7. The monoisotopic (exact) mass is 510 g/mol. The maximum atomic E-state index is 13.4. The molecule has 1 N–H and O–H groups in total. The average molecular weight is 511 g/mol. The molecule has 9 nitrogen and oxygen atoms in total. The van der Waals surface area contributed by atoms with Crippen molar-refractivity contribution in [1.29, 1.82) is 0 Å². The number of rotatable bonds is 9. The fourth-order valence-corrected chi connectivity index (χ4v) is 4.04. The van der Waals surface area contributed by atoms with Crippen molar-refractivity contribution in [2.24, 2.45) is 0 Å². The molecule has 1 aliphatic rings. The first-order valence-corrected chi connectivity index (χ1v) is 12.4. The van der Waals surface area contributed by atoms with Crippen LogP contribution >= 0.6 is 0 Å². The van der Waals surface area contributed by atoms with Crippen LogP contribution in [0.25, 0.3) is 0 Å². The molecule has 0 fully saturated rings. The molecule has 0 bridgehead atoms. The minimum atomic E-state index is -1.12. The molecule has 37 heavy (non-hydrogen) atoms. The van der Waals surface area contributed by atoms with Gasteiger partial charge in [0, 0.05) is 18.5 Å². The lowest BCUT2D eigenvalue weighted by Crippen LogP contribution is -2.46. The zero-order valence-electron chi connectivity index (χ0n) is 21.7. The predicted molar refractivity (Wildman–Crippen MR) is 137 cm³/mol. The molecule has 0 radical (unpaired) electrons. The topological polar surface area (TPSA) is 111 Å². The van der Waals surface area contributed by atoms with Crippen molar-refractivity contribution in [2.75, 3.05) is 11.5 Å². The van der Waals surface area contributed by atoms with Crippen molar-refractivity contribution in [1.82, 2.24) is 5.32 Å². The van der Waals surface area contributed by atoms with Crippen LogP contribution in [0.2, 0.25) is 0 Å². The first kappa shape index (κ1) is 27.7. The Kier molecular flexibility index (Phi) is 9.27. The van der Waals surface area contributed by atoms with E-state index in [0.717, 1.165) is 11.1 Å². The number of carbonyl (C=O) groups excluding carboxylic acids is 4. The van der Waals surface area contributed by atoms with Crippen molar-refractivity contribution >= 4 is 29.6 Å². The molecule has 2 aromatic carbocycles. The van der Waals surface area contributed by atoms with E-state index in [0.29, 0.717) is 12.1 Å². The fourth-order valence-electron chi connectivity index (χ4n) is 4.04. The van der Waals surface area contributed by atoms with Gasteiger partial charge in [-0.3, -0.25) is 9.69 Å². The second kappa shape index (κ2) is 12.4. The summed E-state index contributed by atoms with van der Waals surface area (Å²) in [5, 5.41) is 2.53. The van der Waals surface area contributed by atoms with Gasteiger partial charge in [-0.05, 0) is 51.3 Å². The smallest absolute Gasteiger partial charge is 0.408 e. The molecule has 0 aromatic heterocycles. The van der Waals surface area contributed by atoms with Crippen LogP contribution < -0.4 is 10.2 Å². The summed E-state index contributed by atoms with van der Waals surface area (Å²) in [6.45, 7) is 7.05. The number of alkyl carbamates (subject to hydrolysis) is 1. The van der Waals surface area contributed by atoms with Gasteiger partial charge in [-0.15, -0.1) is 0 Å². The number of carbonyl (C=O) groups is 4. The minimum absolute atomic E-state index is 0.0184. The third-order valence-electron chi connectivity index (χ3n) is 5.65. The largest absolute Gasteiger partial charge is 0.464 e. The van der Waals surface area contributed by atoms with Gasteiger partial charge in [-0.25, -0.2) is 14.4 Å². The van der Waals surface area contributed by atoms with Crippen LogP contribution in [0.15, 0.2) is 54.6 Å². The van der Waals surface area contributed by atoms with Crippen LogP contribution in [-0.2, 0) is 41.6 Å². The lowest BCUT2D eigenvalue weighted by molar-refractivity contribution is -0.148. The van der Waals surface area contributed by atoms with Crippen molar-refractivity contribution in [2.45, 2.75) is 71.2 Å². The molecule has 0 saturated carbocycles. The van der Waals surface area contributed by atoms with Gasteiger partial charge in [0.1, 0.15) is 24.3 Å². The highest BCUT2D eigenvalue weighted by Gasteiger charge is 2.39. The summed E-state index contributed by atoms with van der Waals surface area (Å²) in [5.41, 5.74) is 1.51. The van der Waals surface area contributed by atoms with Crippen LogP contribution in [0.3, 0.4) is 0 Å². The Morgan fingerprint density at radius 3 is 2.35 bits per heavy atom. The Labute approximate surface area is 217 Å². The first-order chi connectivity index (χ1) is 17.6. The average Bonchev–Trinajstić information content (AvgIpc) is 3.24. The Balaban J connectivity index is 1.73. The van der Waals surface area contributed by atoms with Gasteiger partial charge in [0.2, 0.25) is 5.91 Å². The second-order valence-corrected chi connectivity index (χ2v) is 9.70. The number of esters is 2. The molecule has 2 aromatic rings. The number of para-hydroxylation sites is 1. The molecule has 1 aliphatic heterocycles. The molecule has 3 rings (SSSR count). The summed E-state index contributed by atoms with van der Waals surface area (Å²) in [5.74, 6) is -1.54. The maximum absolute atomic E-state index is 13.4. The fraction of sp³-hybridized carbons (Fsp3) is 0.429. The molecule has 2 atom stereocenters. The van der Waals surface area contributed by atoms with Gasteiger partial charge in [0.25, 0.3) is 0 Å². The lowest BCUT2D eigenvalue weighted by Gasteiger charge is -2.26. The summed E-state index contributed by atoms with van der Waals surface area (Å²) in [6.07, 6.45) is -0.609. The van der Waals surface area contributed by atoms with Gasteiger partial charge in [0.05, 0.1) is 6.61 Å². The van der Waals surface area contributed by atoms with Crippen molar-refractivity contribution < 1.29 is 33.4 Å². The van der Waals surface area contributed by atoms with Crippen LogP contribution in [0.1, 0.15) is 51.7 Å². The second-order valence-electron chi connectivity index (χ2n) is 9.70. The van der Waals surface area contributed by atoms with Gasteiger partial charge in [-0.2, -0.15) is 0 Å². The summed E-state index contributed by atoms with van der Waals surface area (Å²) < 4.78 is 15.9. The summed E-state index contributed by atoms with van der Waals surface area (Å²) in [6, 6.07) is 14.5. The van der Waals surface area contributed by atoms with E-state index in [1.807, 2.05) is 42.5 Å². The Morgan fingerprint density at radius 2 is 1.68 bits per heavy atom. The van der Waals surface area contributed by atoms with Crippen molar-refractivity contribution in [3.63, 3.8) is 0 Å². The van der Waals surface area contributed by atoms with Gasteiger partial charge >= 0.3 is 18.0 Å². The quantitative estimate of drug-likeness (QED) is 0.402. The third kappa shape index (κ3) is 7.80. The summed E-state index contributed by atoms with van der Waals surface area (Å²) in [4.78, 5) is 52.7. The minimum Gasteiger partial charge on any atom is -0.464 e. The van der Waals surface area contributed by atoms with Crippen LogP contribution in [0, 0.1) is 0 Å². The number of fused-ring (bicyclic) bond motifs is 1. The van der Waals surface area contributed by atoms with Crippen LogP contribution in [0.4, 0.5) is 10.5 Å². The highest BCUT2D eigenvalue weighted by atomic mass is 16.6. The number of hydrogen-bond donors (Lipinski definition) is 1. The van der Waals surface area contributed by atoms with E-state index in [-0.39, 0.29) is 32.0 Å². The number of amides is 2. The Hall–Kier alpha value is -3.88. The number of anilines is 1. The predicted octanol–water partition coefficient (Wildman–Crippen LogP) is 3.92. The number of ether oxygens (including phenoxy) is 3. The van der Waals surface area contributed by atoms with Gasteiger partial charge in [-0.1, -0.05) is 48.5 Å². The molecule has 1 heterocycles. The molecule has 0 spiro atoms. The molecule has 0 unspecified atom stereocenters.